The average Bonchev–Trinajstić information content (AvgIpc) is 3.14. The fourth-order valence-electron chi connectivity index (χ4n) is 6.60. The van der Waals surface area contributed by atoms with Crippen molar-refractivity contribution in [3.8, 4) is 0 Å². The monoisotopic (exact) mass is 776 g/mol. The molecule has 0 spiro atoms. The summed E-state index contributed by atoms with van der Waals surface area (Å²) in [5.74, 6) is -1.75. The fourth-order valence-corrected chi connectivity index (χ4v) is 6.60. The summed E-state index contributed by atoms with van der Waals surface area (Å²) in [7, 11) is 5.40. The molecule has 0 bridgehead atoms. The van der Waals surface area contributed by atoms with Crippen molar-refractivity contribution in [3.63, 3.8) is 0 Å². The van der Waals surface area contributed by atoms with Crippen molar-refractivity contribution >= 4 is 17.9 Å². The fraction of sp³-hybridized carbons (Fsp3) is 0.809. The molecule has 0 amide bonds. The van der Waals surface area contributed by atoms with Gasteiger partial charge in [-0.2, -0.15) is 0 Å². The highest BCUT2D eigenvalue weighted by molar-refractivity contribution is 5.70. The lowest BCUT2D eigenvalue weighted by molar-refractivity contribution is -0.889. The Bertz CT molecular complexity index is 1000. The van der Waals surface area contributed by atoms with Gasteiger partial charge in [-0.3, -0.25) is 9.59 Å². The summed E-state index contributed by atoms with van der Waals surface area (Å²) in [6.07, 6.45) is 43.1. The van der Waals surface area contributed by atoms with Crippen LogP contribution in [0.25, 0.3) is 0 Å². The molecule has 0 saturated heterocycles. The highest BCUT2D eigenvalue weighted by Gasteiger charge is 2.25. The number of carboxylic acid groups (broad SMARTS) is 1. The molecule has 8 nitrogen and oxygen atoms in total. The summed E-state index contributed by atoms with van der Waals surface area (Å²) in [6.45, 7) is 4.52. The summed E-state index contributed by atoms with van der Waals surface area (Å²) in [4.78, 5) is 36.8. The third kappa shape index (κ3) is 36.9. The third-order valence-electron chi connectivity index (χ3n) is 10.1. The molecular formula is C47H85NO7. The highest BCUT2D eigenvalue weighted by Crippen LogP contribution is 2.16. The minimum Gasteiger partial charge on any atom is -0.544 e. The van der Waals surface area contributed by atoms with Crippen LogP contribution in [0.15, 0.2) is 36.5 Å². The van der Waals surface area contributed by atoms with Gasteiger partial charge in [0.15, 0.2) is 6.10 Å². The number of likely N-dealkylation sites (N-methyl/N-ethyl adjacent to an activating group) is 1. The van der Waals surface area contributed by atoms with Crippen molar-refractivity contribution in [2.45, 2.75) is 206 Å². The van der Waals surface area contributed by atoms with E-state index in [0.717, 1.165) is 64.2 Å². The van der Waals surface area contributed by atoms with Gasteiger partial charge >= 0.3 is 11.9 Å². The van der Waals surface area contributed by atoms with Gasteiger partial charge in [0, 0.05) is 19.3 Å². The number of allylic oxidation sites excluding steroid dienone is 6. The van der Waals surface area contributed by atoms with Crippen LogP contribution in [0.5, 0.6) is 0 Å². The Morgan fingerprint density at radius 3 is 1.49 bits per heavy atom. The Hall–Kier alpha value is -2.45. The topological polar surface area (TPSA) is 102 Å². The Morgan fingerprint density at radius 1 is 0.564 bits per heavy atom. The number of quaternary nitrogens is 1. The second-order valence-corrected chi connectivity index (χ2v) is 16.3. The number of unbranched alkanes of at least 4 members (excludes halogenated alkanes) is 22. The van der Waals surface area contributed by atoms with E-state index in [-0.39, 0.29) is 42.7 Å². The number of carbonyl (C=O) groups is 3. The Balaban J connectivity index is 4.31. The van der Waals surface area contributed by atoms with Crippen molar-refractivity contribution in [2.75, 3.05) is 41.0 Å². The first kappa shape index (κ1) is 52.6. The SMILES string of the molecule is CC/C=C/C=C/C=C/CCCCCCCC(=O)OCC(COCCC(C(=O)[O-])[N+](C)(C)C)OC(=O)CCCCCCCCCCCCCCCCCCCC. The van der Waals surface area contributed by atoms with Crippen LogP contribution in [-0.4, -0.2) is 75.5 Å². The van der Waals surface area contributed by atoms with Crippen LogP contribution in [0.2, 0.25) is 0 Å². The maximum atomic E-state index is 12.7. The molecule has 0 aliphatic carbocycles. The zero-order valence-electron chi connectivity index (χ0n) is 36.3. The van der Waals surface area contributed by atoms with Crippen LogP contribution in [0.1, 0.15) is 194 Å². The zero-order chi connectivity index (χ0) is 40.7. The molecule has 0 aliphatic rings. The maximum absolute atomic E-state index is 12.7. The third-order valence-corrected chi connectivity index (χ3v) is 10.1. The van der Waals surface area contributed by atoms with E-state index >= 15 is 0 Å². The molecule has 8 heteroatoms. The Labute approximate surface area is 338 Å². The molecule has 0 radical (unpaired) electrons. The number of aliphatic carboxylic acids is 1. The molecule has 0 aromatic carbocycles. The molecule has 0 saturated carbocycles. The molecule has 320 valence electrons. The number of carbonyl (C=O) groups excluding carboxylic acids is 3. The lowest BCUT2D eigenvalue weighted by Gasteiger charge is -2.34. The first-order chi connectivity index (χ1) is 26.6. The molecule has 0 N–H and O–H groups in total. The van der Waals surface area contributed by atoms with Crippen LogP contribution < -0.4 is 5.11 Å². The number of ether oxygens (including phenoxy) is 3. The van der Waals surface area contributed by atoms with E-state index in [1.807, 2.05) is 6.08 Å². The lowest BCUT2D eigenvalue weighted by Crippen LogP contribution is -2.55. The molecule has 0 rings (SSSR count). The quantitative estimate of drug-likeness (QED) is 0.0264. The van der Waals surface area contributed by atoms with E-state index in [4.69, 9.17) is 14.2 Å². The molecule has 2 atom stereocenters. The first-order valence-electron chi connectivity index (χ1n) is 22.5. The molecule has 0 heterocycles. The molecular weight excluding hydrogens is 691 g/mol. The summed E-state index contributed by atoms with van der Waals surface area (Å²) in [5, 5.41) is 11.6. The van der Waals surface area contributed by atoms with Gasteiger partial charge in [0.2, 0.25) is 0 Å². The molecule has 0 aliphatic heterocycles. The maximum Gasteiger partial charge on any atom is 0.306 e. The summed E-state index contributed by atoms with van der Waals surface area (Å²) >= 11 is 0. The predicted octanol–water partition coefficient (Wildman–Crippen LogP) is 10.9. The van der Waals surface area contributed by atoms with Gasteiger partial charge in [-0.25, -0.2) is 0 Å². The van der Waals surface area contributed by atoms with Crippen molar-refractivity contribution in [2.24, 2.45) is 0 Å². The molecule has 0 aromatic heterocycles. The van der Waals surface area contributed by atoms with Crippen LogP contribution in [-0.2, 0) is 28.6 Å². The largest absolute Gasteiger partial charge is 0.544 e. The smallest absolute Gasteiger partial charge is 0.306 e. The lowest BCUT2D eigenvalue weighted by atomic mass is 10.0. The van der Waals surface area contributed by atoms with Gasteiger partial charge in [0.05, 0.1) is 40.3 Å². The highest BCUT2D eigenvalue weighted by atomic mass is 16.6. The molecule has 55 heavy (non-hydrogen) atoms. The van der Waals surface area contributed by atoms with Crippen LogP contribution in [0.3, 0.4) is 0 Å². The summed E-state index contributed by atoms with van der Waals surface area (Å²) < 4.78 is 17.2. The molecule has 0 fully saturated rings. The van der Waals surface area contributed by atoms with Crippen molar-refractivity contribution in [1.82, 2.24) is 0 Å². The summed E-state index contributed by atoms with van der Waals surface area (Å²) in [5.41, 5.74) is 0. The number of carboxylic acids is 1. The number of hydrogen-bond donors (Lipinski definition) is 0. The zero-order valence-corrected chi connectivity index (χ0v) is 36.3. The minimum absolute atomic E-state index is 0.0364. The number of esters is 2. The number of hydrogen-bond acceptors (Lipinski definition) is 7. The second kappa shape index (κ2) is 38.4. The Kier molecular flexibility index (Phi) is 36.7. The second-order valence-electron chi connectivity index (χ2n) is 16.3. The van der Waals surface area contributed by atoms with Crippen molar-refractivity contribution in [3.05, 3.63) is 36.5 Å². The van der Waals surface area contributed by atoms with E-state index < -0.39 is 18.1 Å². The van der Waals surface area contributed by atoms with E-state index in [9.17, 15) is 19.5 Å². The predicted molar refractivity (Wildman–Crippen MR) is 227 cm³/mol. The normalized spacial score (nSPS) is 13.3. The van der Waals surface area contributed by atoms with Crippen molar-refractivity contribution < 1.29 is 38.2 Å². The minimum atomic E-state index is -1.13. The van der Waals surface area contributed by atoms with Gasteiger partial charge in [0.1, 0.15) is 12.6 Å². The van der Waals surface area contributed by atoms with Crippen molar-refractivity contribution in [1.29, 1.82) is 0 Å². The first-order valence-corrected chi connectivity index (χ1v) is 22.5. The molecule has 2 unspecified atom stereocenters. The van der Waals surface area contributed by atoms with Gasteiger partial charge in [-0.1, -0.05) is 179 Å². The summed E-state index contributed by atoms with van der Waals surface area (Å²) in [6, 6.07) is -0.727. The number of nitrogens with zero attached hydrogens (tertiary/aromatic N) is 1. The van der Waals surface area contributed by atoms with Gasteiger partial charge in [-0.05, 0) is 32.1 Å². The van der Waals surface area contributed by atoms with Crippen LogP contribution >= 0.6 is 0 Å². The van der Waals surface area contributed by atoms with Crippen LogP contribution in [0.4, 0.5) is 0 Å². The van der Waals surface area contributed by atoms with E-state index in [0.29, 0.717) is 12.8 Å². The van der Waals surface area contributed by atoms with E-state index in [1.165, 1.54) is 96.3 Å². The van der Waals surface area contributed by atoms with E-state index in [2.05, 4.69) is 44.2 Å². The van der Waals surface area contributed by atoms with Crippen LogP contribution in [0, 0.1) is 0 Å². The van der Waals surface area contributed by atoms with Gasteiger partial charge in [-0.15, -0.1) is 0 Å². The number of rotatable bonds is 40. The average molecular weight is 776 g/mol. The Morgan fingerprint density at radius 2 is 1.02 bits per heavy atom. The van der Waals surface area contributed by atoms with E-state index in [1.54, 1.807) is 21.1 Å². The standard InChI is InChI=1S/C47H85NO7/c1-6-8-10-12-14-16-18-20-21-22-23-24-26-28-30-32-34-36-38-46(50)55-43(41-53-40-39-44(47(51)52)48(3,4)5)42-54-45(49)37-35-33-31-29-27-25-19-17-15-13-11-9-7-2/h9,11,13,15,17,19,43-44H,6-8,10,12,14,16,18,20-42H2,1-5H3/b11-9+,15-13+,19-17+. The molecule has 0 aromatic rings. The van der Waals surface area contributed by atoms with Gasteiger partial charge < -0.3 is 28.6 Å². The van der Waals surface area contributed by atoms with Gasteiger partial charge in [0.25, 0.3) is 0 Å².